The standard InChI is InChI=1S/C8H8F3N3O3S/c1-3-4(6(15)16)5(18-14-3)13-7(17)12-2-8(9,10)11/h2H2,1H3,(H,15,16)(H2,12,13,17). The van der Waals surface area contributed by atoms with Gasteiger partial charge in [0.2, 0.25) is 0 Å². The summed E-state index contributed by atoms with van der Waals surface area (Å²) in [5.74, 6) is -1.31. The molecule has 0 aromatic carbocycles. The van der Waals surface area contributed by atoms with Crippen LogP contribution in [0.4, 0.5) is 23.0 Å². The summed E-state index contributed by atoms with van der Waals surface area (Å²) >= 11 is 0.682. The lowest BCUT2D eigenvalue weighted by Gasteiger charge is -2.08. The van der Waals surface area contributed by atoms with Gasteiger partial charge in [0, 0.05) is 0 Å². The van der Waals surface area contributed by atoms with E-state index in [1.165, 1.54) is 6.92 Å². The Morgan fingerprint density at radius 3 is 2.56 bits per heavy atom. The van der Waals surface area contributed by atoms with Crippen LogP contribution in [0.15, 0.2) is 0 Å². The van der Waals surface area contributed by atoms with Crippen LogP contribution in [0.25, 0.3) is 0 Å². The van der Waals surface area contributed by atoms with Crippen molar-refractivity contribution in [1.82, 2.24) is 9.69 Å². The maximum absolute atomic E-state index is 11.8. The molecule has 0 aliphatic heterocycles. The van der Waals surface area contributed by atoms with E-state index in [0.717, 1.165) is 0 Å². The van der Waals surface area contributed by atoms with Crippen LogP contribution < -0.4 is 10.6 Å². The Kier molecular flexibility index (Phi) is 4.11. The highest BCUT2D eigenvalue weighted by Crippen LogP contribution is 2.24. The highest BCUT2D eigenvalue weighted by molar-refractivity contribution is 7.11. The van der Waals surface area contributed by atoms with E-state index in [1.54, 1.807) is 5.32 Å². The number of aryl methyl sites for hydroxylation is 1. The smallest absolute Gasteiger partial charge is 0.405 e. The average molecular weight is 283 g/mol. The van der Waals surface area contributed by atoms with Crippen molar-refractivity contribution in [3.63, 3.8) is 0 Å². The number of nitrogens with zero attached hydrogens (tertiary/aromatic N) is 1. The zero-order valence-corrected chi connectivity index (χ0v) is 9.78. The van der Waals surface area contributed by atoms with E-state index in [2.05, 4.69) is 4.37 Å². The molecule has 0 unspecified atom stereocenters. The minimum atomic E-state index is -4.53. The zero-order valence-electron chi connectivity index (χ0n) is 8.96. The van der Waals surface area contributed by atoms with Crippen LogP contribution in [-0.4, -0.2) is 34.2 Å². The van der Waals surface area contributed by atoms with E-state index in [4.69, 9.17) is 5.11 Å². The van der Waals surface area contributed by atoms with E-state index >= 15 is 0 Å². The first kappa shape index (κ1) is 14.2. The van der Waals surface area contributed by atoms with Gasteiger partial charge in [0.05, 0.1) is 5.69 Å². The second-order valence-electron chi connectivity index (χ2n) is 3.20. The fourth-order valence-electron chi connectivity index (χ4n) is 1.03. The van der Waals surface area contributed by atoms with E-state index < -0.39 is 24.7 Å². The van der Waals surface area contributed by atoms with E-state index in [1.807, 2.05) is 5.32 Å². The number of carbonyl (C=O) groups excluding carboxylic acids is 1. The van der Waals surface area contributed by atoms with Gasteiger partial charge < -0.3 is 10.4 Å². The third kappa shape index (κ3) is 3.87. The van der Waals surface area contributed by atoms with Gasteiger partial charge in [0.25, 0.3) is 0 Å². The lowest BCUT2D eigenvalue weighted by atomic mass is 10.2. The maximum Gasteiger partial charge on any atom is 0.405 e. The number of rotatable bonds is 3. The van der Waals surface area contributed by atoms with Crippen LogP contribution in [0.3, 0.4) is 0 Å². The summed E-state index contributed by atoms with van der Waals surface area (Å²) in [4.78, 5) is 21.9. The predicted octanol–water partition coefficient (Wildman–Crippen LogP) is 1.83. The fraction of sp³-hybridized carbons (Fsp3) is 0.375. The SMILES string of the molecule is Cc1nsc(NC(=O)NCC(F)(F)F)c1C(=O)O. The van der Waals surface area contributed by atoms with Gasteiger partial charge in [0.1, 0.15) is 17.1 Å². The molecule has 0 saturated carbocycles. The van der Waals surface area contributed by atoms with Crippen LogP contribution in [-0.2, 0) is 0 Å². The Balaban J connectivity index is 2.68. The lowest BCUT2D eigenvalue weighted by Crippen LogP contribution is -2.36. The average Bonchev–Trinajstić information content (AvgIpc) is 2.55. The number of carboxylic acid groups (broad SMARTS) is 1. The third-order valence-electron chi connectivity index (χ3n) is 1.75. The number of amides is 2. The molecule has 1 rings (SSSR count). The molecule has 3 N–H and O–H groups in total. The molecule has 2 amide bonds. The van der Waals surface area contributed by atoms with Gasteiger partial charge in [-0.25, -0.2) is 9.59 Å². The predicted molar refractivity (Wildman–Crippen MR) is 56.9 cm³/mol. The number of aromatic nitrogens is 1. The molecule has 0 radical (unpaired) electrons. The first-order chi connectivity index (χ1) is 8.20. The van der Waals surface area contributed by atoms with Gasteiger partial charge in [-0.05, 0) is 18.5 Å². The van der Waals surface area contributed by atoms with Crippen LogP contribution in [0, 0.1) is 6.92 Å². The Hall–Kier alpha value is -1.84. The minimum Gasteiger partial charge on any atom is -0.478 e. The van der Waals surface area contributed by atoms with Crippen molar-refractivity contribution in [2.75, 3.05) is 11.9 Å². The monoisotopic (exact) mass is 283 g/mol. The van der Waals surface area contributed by atoms with Crippen molar-refractivity contribution >= 4 is 28.5 Å². The Labute approximate surface area is 103 Å². The number of alkyl halides is 3. The summed E-state index contributed by atoms with van der Waals surface area (Å²) in [6.45, 7) is -0.0855. The van der Waals surface area contributed by atoms with E-state index in [-0.39, 0.29) is 16.3 Å². The van der Waals surface area contributed by atoms with Crippen molar-refractivity contribution in [2.45, 2.75) is 13.1 Å². The number of carbonyl (C=O) groups is 2. The first-order valence-electron chi connectivity index (χ1n) is 4.52. The second kappa shape index (κ2) is 5.21. The fourth-order valence-corrected chi connectivity index (χ4v) is 1.82. The molecular weight excluding hydrogens is 275 g/mol. The van der Waals surface area contributed by atoms with Crippen molar-refractivity contribution in [3.05, 3.63) is 11.3 Å². The van der Waals surface area contributed by atoms with Gasteiger partial charge in [-0.2, -0.15) is 17.5 Å². The van der Waals surface area contributed by atoms with Crippen molar-refractivity contribution in [3.8, 4) is 0 Å². The van der Waals surface area contributed by atoms with E-state index in [0.29, 0.717) is 11.5 Å². The molecule has 0 spiro atoms. The molecule has 1 heterocycles. The number of halogens is 3. The highest BCUT2D eigenvalue weighted by atomic mass is 32.1. The van der Waals surface area contributed by atoms with E-state index in [9.17, 15) is 22.8 Å². The number of hydrogen-bond acceptors (Lipinski definition) is 4. The Morgan fingerprint density at radius 1 is 1.44 bits per heavy atom. The minimum absolute atomic E-state index is 0.111. The van der Waals surface area contributed by atoms with Gasteiger partial charge in [0.15, 0.2) is 0 Å². The molecule has 0 aliphatic rings. The molecule has 1 aromatic heterocycles. The van der Waals surface area contributed by atoms with Gasteiger partial charge >= 0.3 is 18.2 Å². The summed E-state index contributed by atoms with van der Waals surface area (Å²) in [5, 5.41) is 12.3. The number of anilines is 1. The molecule has 0 atom stereocenters. The second-order valence-corrected chi connectivity index (χ2v) is 3.97. The van der Waals surface area contributed by atoms with Crippen LogP contribution in [0.5, 0.6) is 0 Å². The largest absolute Gasteiger partial charge is 0.478 e. The van der Waals surface area contributed by atoms with Crippen LogP contribution >= 0.6 is 11.5 Å². The number of urea groups is 1. The summed E-state index contributed by atoms with van der Waals surface area (Å²) in [7, 11) is 0. The maximum atomic E-state index is 11.8. The highest BCUT2D eigenvalue weighted by Gasteiger charge is 2.28. The molecule has 18 heavy (non-hydrogen) atoms. The summed E-state index contributed by atoms with van der Waals surface area (Å²) in [6, 6.07) is -1.14. The lowest BCUT2D eigenvalue weighted by molar-refractivity contribution is -0.122. The van der Waals surface area contributed by atoms with Crippen molar-refractivity contribution in [2.24, 2.45) is 0 Å². The quantitative estimate of drug-likeness (QED) is 0.789. The molecule has 0 saturated heterocycles. The van der Waals surface area contributed by atoms with Gasteiger partial charge in [-0.3, -0.25) is 5.32 Å². The Bertz CT molecular complexity index is 472. The molecule has 0 aliphatic carbocycles. The molecule has 1 aromatic rings. The van der Waals surface area contributed by atoms with Gasteiger partial charge in [-0.1, -0.05) is 0 Å². The molecule has 0 bridgehead atoms. The summed E-state index contributed by atoms with van der Waals surface area (Å²) < 4.78 is 39.2. The molecular formula is C8H8F3N3O3S. The normalized spacial score (nSPS) is 11.1. The van der Waals surface area contributed by atoms with Gasteiger partial charge in [-0.15, -0.1) is 0 Å². The molecule has 6 nitrogen and oxygen atoms in total. The number of hydrogen-bond donors (Lipinski definition) is 3. The number of aromatic carboxylic acids is 1. The van der Waals surface area contributed by atoms with Crippen molar-refractivity contribution < 1.29 is 27.9 Å². The topological polar surface area (TPSA) is 91.3 Å². The molecule has 0 fully saturated rings. The zero-order chi connectivity index (χ0) is 13.9. The molecule has 10 heteroatoms. The van der Waals surface area contributed by atoms with Crippen molar-refractivity contribution in [1.29, 1.82) is 0 Å². The first-order valence-corrected chi connectivity index (χ1v) is 5.29. The third-order valence-corrected chi connectivity index (χ3v) is 2.61. The number of carboxylic acids is 1. The number of nitrogens with one attached hydrogen (secondary N) is 2. The summed E-state index contributed by atoms with van der Waals surface area (Å²) in [6.07, 6.45) is -4.53. The Morgan fingerprint density at radius 2 is 2.06 bits per heavy atom. The van der Waals surface area contributed by atoms with Crippen LogP contribution in [0.2, 0.25) is 0 Å². The van der Waals surface area contributed by atoms with Crippen LogP contribution in [0.1, 0.15) is 16.1 Å². The molecule has 100 valence electrons. The summed E-state index contributed by atoms with van der Waals surface area (Å²) in [5.41, 5.74) is -0.0548.